The number of nitrogens with one attached hydrogen (secondary N) is 1. The topological polar surface area (TPSA) is 64.3 Å². The van der Waals surface area contributed by atoms with Crippen LogP contribution in [0.3, 0.4) is 0 Å². The molecule has 2 unspecified atom stereocenters. The van der Waals surface area contributed by atoms with Gasteiger partial charge in [-0.05, 0) is 30.9 Å². The first-order chi connectivity index (χ1) is 10.2. The Bertz CT molecular complexity index is 462. The lowest BCUT2D eigenvalue weighted by Crippen LogP contribution is -2.27. The third kappa shape index (κ3) is 4.96. The second kappa shape index (κ2) is 7.91. The Morgan fingerprint density at radius 2 is 2.19 bits per heavy atom. The molecule has 0 radical (unpaired) electrons. The largest absolute Gasteiger partial charge is 0.491 e. The fourth-order valence-electron chi connectivity index (χ4n) is 2.99. The maximum atomic E-state index is 10.8. The number of hydrogen-bond acceptors (Lipinski definition) is 3. The van der Waals surface area contributed by atoms with E-state index in [4.69, 9.17) is 10.5 Å². The van der Waals surface area contributed by atoms with E-state index in [1.54, 1.807) is 0 Å². The van der Waals surface area contributed by atoms with Crippen LogP contribution in [0.25, 0.3) is 0 Å². The molecule has 2 atom stereocenters. The zero-order valence-electron chi connectivity index (χ0n) is 12.8. The fraction of sp³-hybridized carbons (Fsp3) is 0.588. The van der Waals surface area contributed by atoms with Crippen molar-refractivity contribution in [1.29, 1.82) is 0 Å². The standard InChI is InChI=1S/C17H26N2O2/c1-2-13-6-5-7-14(12-13)19-15-8-3-4-9-16(15)21-11-10-17(18)20/h3-4,8-9,13-14,19H,2,5-7,10-12H2,1H3,(H2,18,20). The first-order valence-corrected chi connectivity index (χ1v) is 7.95. The second-order valence-electron chi connectivity index (χ2n) is 5.84. The number of para-hydroxylation sites is 2. The summed E-state index contributed by atoms with van der Waals surface area (Å²) in [6, 6.07) is 8.44. The molecule has 2 rings (SSSR count). The van der Waals surface area contributed by atoms with Gasteiger partial charge in [-0.1, -0.05) is 38.3 Å². The second-order valence-corrected chi connectivity index (χ2v) is 5.84. The molecule has 1 saturated carbocycles. The van der Waals surface area contributed by atoms with E-state index in [9.17, 15) is 4.79 Å². The predicted molar refractivity (Wildman–Crippen MR) is 85.4 cm³/mol. The molecule has 1 amide bonds. The summed E-state index contributed by atoms with van der Waals surface area (Å²) >= 11 is 0. The maximum Gasteiger partial charge on any atom is 0.220 e. The van der Waals surface area contributed by atoms with Gasteiger partial charge in [0.05, 0.1) is 18.7 Å². The van der Waals surface area contributed by atoms with E-state index in [1.807, 2.05) is 24.3 Å². The van der Waals surface area contributed by atoms with Gasteiger partial charge in [0.2, 0.25) is 5.91 Å². The summed E-state index contributed by atoms with van der Waals surface area (Å²) in [5, 5.41) is 3.61. The van der Waals surface area contributed by atoms with Crippen LogP contribution in [0.4, 0.5) is 5.69 Å². The summed E-state index contributed by atoms with van der Waals surface area (Å²) in [5.41, 5.74) is 6.16. The first-order valence-electron chi connectivity index (χ1n) is 7.95. The Hall–Kier alpha value is -1.71. The predicted octanol–water partition coefficient (Wildman–Crippen LogP) is 3.32. The molecule has 0 saturated heterocycles. The van der Waals surface area contributed by atoms with Crippen molar-refractivity contribution in [3.63, 3.8) is 0 Å². The summed E-state index contributed by atoms with van der Waals surface area (Å²) in [6.07, 6.45) is 6.59. The number of nitrogens with two attached hydrogens (primary N) is 1. The van der Waals surface area contributed by atoms with Crippen LogP contribution in [-0.4, -0.2) is 18.6 Å². The van der Waals surface area contributed by atoms with Crippen LogP contribution >= 0.6 is 0 Å². The number of anilines is 1. The number of hydrogen-bond donors (Lipinski definition) is 2. The Labute approximate surface area is 127 Å². The average Bonchev–Trinajstić information content (AvgIpc) is 2.49. The lowest BCUT2D eigenvalue weighted by molar-refractivity contribution is -0.118. The highest BCUT2D eigenvalue weighted by atomic mass is 16.5. The highest BCUT2D eigenvalue weighted by Crippen LogP contribution is 2.31. The van der Waals surface area contributed by atoms with Crippen molar-refractivity contribution >= 4 is 11.6 Å². The Balaban J connectivity index is 1.94. The van der Waals surface area contributed by atoms with Gasteiger partial charge in [-0.25, -0.2) is 0 Å². The van der Waals surface area contributed by atoms with Crippen molar-refractivity contribution in [2.45, 2.75) is 51.5 Å². The summed E-state index contributed by atoms with van der Waals surface area (Å²) in [6.45, 7) is 2.60. The van der Waals surface area contributed by atoms with Crippen LogP contribution in [0.1, 0.15) is 45.4 Å². The molecule has 1 aliphatic rings. The average molecular weight is 290 g/mol. The molecule has 1 aromatic rings. The van der Waals surface area contributed by atoms with Crippen molar-refractivity contribution in [3.8, 4) is 5.75 Å². The van der Waals surface area contributed by atoms with E-state index in [0.29, 0.717) is 12.6 Å². The number of carbonyl (C=O) groups is 1. The first kappa shape index (κ1) is 15.7. The van der Waals surface area contributed by atoms with Crippen molar-refractivity contribution in [2.24, 2.45) is 11.7 Å². The van der Waals surface area contributed by atoms with E-state index in [-0.39, 0.29) is 12.3 Å². The molecule has 4 nitrogen and oxygen atoms in total. The van der Waals surface area contributed by atoms with Gasteiger partial charge in [0.15, 0.2) is 0 Å². The molecule has 1 aromatic carbocycles. The monoisotopic (exact) mass is 290 g/mol. The van der Waals surface area contributed by atoms with Crippen molar-refractivity contribution in [2.75, 3.05) is 11.9 Å². The van der Waals surface area contributed by atoms with Gasteiger partial charge in [-0.3, -0.25) is 4.79 Å². The highest BCUT2D eigenvalue weighted by Gasteiger charge is 2.21. The van der Waals surface area contributed by atoms with Gasteiger partial charge in [-0.2, -0.15) is 0 Å². The minimum atomic E-state index is -0.335. The number of carbonyl (C=O) groups excluding carboxylic acids is 1. The number of primary amides is 1. The summed E-state index contributed by atoms with van der Waals surface area (Å²) in [4.78, 5) is 10.8. The molecule has 0 bridgehead atoms. The maximum absolute atomic E-state index is 10.8. The summed E-state index contributed by atoms with van der Waals surface area (Å²) in [5.74, 6) is 1.30. The molecule has 0 aliphatic heterocycles. The molecule has 1 fully saturated rings. The van der Waals surface area contributed by atoms with Gasteiger partial charge in [-0.15, -0.1) is 0 Å². The lowest BCUT2D eigenvalue weighted by atomic mass is 9.84. The molecule has 1 aliphatic carbocycles. The molecule has 0 aromatic heterocycles. The van der Waals surface area contributed by atoms with Gasteiger partial charge < -0.3 is 15.8 Å². The smallest absolute Gasteiger partial charge is 0.220 e. The fourth-order valence-corrected chi connectivity index (χ4v) is 2.99. The van der Waals surface area contributed by atoms with E-state index >= 15 is 0 Å². The third-order valence-corrected chi connectivity index (χ3v) is 4.21. The zero-order valence-corrected chi connectivity index (χ0v) is 12.8. The van der Waals surface area contributed by atoms with Crippen LogP contribution in [-0.2, 0) is 4.79 Å². The van der Waals surface area contributed by atoms with Crippen LogP contribution in [0, 0.1) is 5.92 Å². The molecule has 0 heterocycles. The van der Waals surface area contributed by atoms with Crippen molar-refractivity contribution < 1.29 is 9.53 Å². The van der Waals surface area contributed by atoms with Gasteiger partial charge in [0.1, 0.15) is 5.75 Å². The Kier molecular flexibility index (Phi) is 5.90. The Morgan fingerprint density at radius 1 is 1.38 bits per heavy atom. The number of amides is 1. The molecular weight excluding hydrogens is 264 g/mol. The van der Waals surface area contributed by atoms with E-state index < -0.39 is 0 Å². The number of rotatable bonds is 7. The van der Waals surface area contributed by atoms with Crippen LogP contribution in [0.5, 0.6) is 5.75 Å². The van der Waals surface area contributed by atoms with Crippen LogP contribution in [0.15, 0.2) is 24.3 Å². The lowest BCUT2D eigenvalue weighted by Gasteiger charge is -2.30. The molecule has 0 spiro atoms. The minimum absolute atomic E-state index is 0.246. The zero-order chi connectivity index (χ0) is 15.1. The van der Waals surface area contributed by atoms with E-state index in [1.165, 1.54) is 32.1 Å². The van der Waals surface area contributed by atoms with E-state index in [0.717, 1.165) is 17.4 Å². The number of ether oxygens (including phenoxy) is 1. The van der Waals surface area contributed by atoms with Crippen molar-refractivity contribution in [1.82, 2.24) is 0 Å². The molecular formula is C17H26N2O2. The number of benzene rings is 1. The highest BCUT2D eigenvalue weighted by molar-refractivity contribution is 5.73. The van der Waals surface area contributed by atoms with Crippen LogP contribution < -0.4 is 15.8 Å². The quantitative estimate of drug-likeness (QED) is 0.809. The molecule has 21 heavy (non-hydrogen) atoms. The van der Waals surface area contributed by atoms with E-state index in [2.05, 4.69) is 12.2 Å². The third-order valence-electron chi connectivity index (χ3n) is 4.21. The molecule has 116 valence electrons. The molecule has 3 N–H and O–H groups in total. The summed E-state index contributed by atoms with van der Waals surface area (Å²) < 4.78 is 5.68. The summed E-state index contributed by atoms with van der Waals surface area (Å²) in [7, 11) is 0. The molecule has 4 heteroatoms. The van der Waals surface area contributed by atoms with Gasteiger partial charge in [0.25, 0.3) is 0 Å². The van der Waals surface area contributed by atoms with Crippen molar-refractivity contribution in [3.05, 3.63) is 24.3 Å². The van der Waals surface area contributed by atoms with Gasteiger partial charge >= 0.3 is 0 Å². The Morgan fingerprint density at radius 3 is 2.95 bits per heavy atom. The van der Waals surface area contributed by atoms with Gasteiger partial charge in [0, 0.05) is 6.04 Å². The normalized spacial score (nSPS) is 21.8. The SMILES string of the molecule is CCC1CCCC(Nc2ccccc2OCCC(N)=O)C1. The minimum Gasteiger partial charge on any atom is -0.491 e. The van der Waals surface area contributed by atoms with Crippen LogP contribution in [0.2, 0.25) is 0 Å².